The summed E-state index contributed by atoms with van der Waals surface area (Å²) in [6.07, 6.45) is 4.92. The average molecular weight is 457 g/mol. The highest BCUT2D eigenvalue weighted by molar-refractivity contribution is 6.03. The third kappa shape index (κ3) is 4.11. The molecule has 0 saturated heterocycles. The van der Waals surface area contributed by atoms with Crippen molar-refractivity contribution >= 4 is 22.5 Å². The van der Waals surface area contributed by atoms with Crippen LogP contribution in [0.5, 0.6) is 0 Å². The van der Waals surface area contributed by atoms with Gasteiger partial charge in [0.05, 0.1) is 12.2 Å². The van der Waals surface area contributed by atoms with Crippen molar-refractivity contribution in [1.82, 2.24) is 19.5 Å². The first-order valence-corrected chi connectivity index (χ1v) is 10.5. The zero-order chi connectivity index (χ0) is 23.8. The first-order valence-electron chi connectivity index (χ1n) is 10.5. The number of rotatable bonds is 5. The van der Waals surface area contributed by atoms with Crippen LogP contribution in [0.15, 0.2) is 76.5 Å². The number of amides is 1. The summed E-state index contributed by atoms with van der Waals surface area (Å²) in [5.41, 5.74) is 2.95. The van der Waals surface area contributed by atoms with Gasteiger partial charge in [0, 0.05) is 42.0 Å². The zero-order valence-corrected chi connectivity index (χ0v) is 18.4. The monoisotopic (exact) mass is 457 g/mol. The molecule has 0 saturated carbocycles. The number of halogens is 1. The van der Waals surface area contributed by atoms with Crippen molar-refractivity contribution in [3.8, 4) is 11.1 Å². The van der Waals surface area contributed by atoms with E-state index in [4.69, 9.17) is 4.52 Å². The average Bonchev–Trinajstić information content (AvgIpc) is 3.42. The lowest BCUT2D eigenvalue weighted by Crippen LogP contribution is -2.20. The van der Waals surface area contributed by atoms with Crippen LogP contribution in [0, 0.1) is 12.7 Å². The summed E-state index contributed by atoms with van der Waals surface area (Å²) >= 11 is 0. The van der Waals surface area contributed by atoms with Crippen LogP contribution >= 0.6 is 0 Å². The lowest BCUT2D eigenvalue weighted by molar-refractivity contribution is 0.102. The number of fused-ring (bicyclic) bond motifs is 1. The van der Waals surface area contributed by atoms with E-state index in [1.54, 1.807) is 48.6 Å². The largest absolute Gasteiger partial charge is 0.364 e. The summed E-state index contributed by atoms with van der Waals surface area (Å²) in [4.78, 5) is 25.7. The van der Waals surface area contributed by atoms with Crippen LogP contribution in [0.25, 0.3) is 21.9 Å². The Morgan fingerprint density at radius 3 is 2.71 bits per heavy atom. The van der Waals surface area contributed by atoms with Crippen molar-refractivity contribution in [3.05, 3.63) is 100 Å². The van der Waals surface area contributed by atoms with Crippen molar-refractivity contribution in [2.45, 2.75) is 13.5 Å². The molecule has 0 aliphatic rings. The van der Waals surface area contributed by atoms with Crippen molar-refractivity contribution < 1.29 is 13.7 Å². The fraction of sp³-hybridized carbons (Fsp3) is 0.120. The fourth-order valence-corrected chi connectivity index (χ4v) is 3.89. The topological polar surface area (TPSA) is 95.0 Å². The molecule has 3 heterocycles. The zero-order valence-electron chi connectivity index (χ0n) is 18.4. The predicted molar refractivity (Wildman–Crippen MR) is 125 cm³/mol. The lowest BCUT2D eigenvalue weighted by Gasteiger charge is -2.10. The molecule has 0 fully saturated rings. The van der Waals surface area contributed by atoms with Crippen molar-refractivity contribution in [3.63, 3.8) is 0 Å². The van der Waals surface area contributed by atoms with Crippen LogP contribution in [0.2, 0.25) is 0 Å². The van der Waals surface area contributed by atoms with Crippen molar-refractivity contribution in [2.24, 2.45) is 7.05 Å². The Hall–Kier alpha value is -4.53. The highest BCUT2D eigenvalue weighted by atomic mass is 19.1. The normalized spacial score (nSPS) is 11.1. The molecular weight excluding hydrogens is 437 g/mol. The van der Waals surface area contributed by atoms with E-state index in [2.05, 4.69) is 15.6 Å². The molecule has 34 heavy (non-hydrogen) atoms. The van der Waals surface area contributed by atoms with Gasteiger partial charge in [-0.25, -0.2) is 4.39 Å². The maximum atomic E-state index is 14.3. The molecule has 0 spiro atoms. The number of nitrogens with one attached hydrogen (secondary N) is 1. The van der Waals surface area contributed by atoms with Gasteiger partial charge in [-0.15, -0.1) is 0 Å². The molecule has 1 amide bonds. The van der Waals surface area contributed by atoms with Crippen LogP contribution in [-0.2, 0) is 13.6 Å². The van der Waals surface area contributed by atoms with Gasteiger partial charge in [0.1, 0.15) is 12.1 Å². The lowest BCUT2D eigenvalue weighted by atomic mass is 10.0. The first-order chi connectivity index (χ1) is 16.4. The van der Waals surface area contributed by atoms with Crippen molar-refractivity contribution in [1.29, 1.82) is 0 Å². The molecule has 5 aromatic rings. The van der Waals surface area contributed by atoms with Gasteiger partial charge in [-0.05, 0) is 59.8 Å². The smallest absolute Gasteiger partial charge is 0.258 e. The Labute approximate surface area is 193 Å². The SMILES string of the molecule is Cc1nocc1-c1ccc2c(=O)n(Cc3cc(F)cc(C(=O)Nc4ccn(C)n4)c3)ccc2c1. The number of nitrogens with zero attached hydrogens (tertiary/aromatic N) is 4. The van der Waals surface area contributed by atoms with E-state index < -0.39 is 11.7 Å². The van der Waals surface area contributed by atoms with Crippen LogP contribution in [0.1, 0.15) is 21.6 Å². The molecule has 1 N–H and O–H groups in total. The minimum absolute atomic E-state index is 0.114. The Morgan fingerprint density at radius 2 is 1.97 bits per heavy atom. The van der Waals surface area contributed by atoms with E-state index in [0.717, 1.165) is 28.3 Å². The number of hydrogen-bond donors (Lipinski definition) is 1. The third-order valence-electron chi connectivity index (χ3n) is 5.57. The van der Waals surface area contributed by atoms with Gasteiger partial charge in [0.15, 0.2) is 5.82 Å². The maximum Gasteiger partial charge on any atom is 0.258 e. The summed E-state index contributed by atoms with van der Waals surface area (Å²) in [5.74, 6) is -0.682. The number of aryl methyl sites for hydroxylation is 2. The van der Waals surface area contributed by atoms with E-state index in [1.807, 2.05) is 25.1 Å². The number of aromatic nitrogens is 4. The van der Waals surface area contributed by atoms with E-state index >= 15 is 0 Å². The summed E-state index contributed by atoms with van der Waals surface area (Å²) < 4.78 is 22.3. The van der Waals surface area contributed by atoms with Crippen molar-refractivity contribution in [2.75, 3.05) is 5.32 Å². The number of benzene rings is 2. The van der Waals surface area contributed by atoms with Gasteiger partial charge < -0.3 is 14.4 Å². The van der Waals surface area contributed by atoms with E-state index in [0.29, 0.717) is 16.8 Å². The second kappa shape index (κ2) is 8.43. The molecule has 3 aromatic heterocycles. The Morgan fingerprint density at radius 1 is 1.12 bits per heavy atom. The molecule has 2 aromatic carbocycles. The van der Waals surface area contributed by atoms with Gasteiger partial charge in [0.25, 0.3) is 11.5 Å². The summed E-state index contributed by atoms with van der Waals surface area (Å²) in [7, 11) is 1.73. The first kappa shape index (κ1) is 21.3. The van der Waals surface area contributed by atoms with Crippen LogP contribution in [0.3, 0.4) is 0 Å². The Balaban J connectivity index is 1.43. The molecule has 0 atom stereocenters. The highest BCUT2D eigenvalue weighted by Crippen LogP contribution is 2.25. The molecule has 0 aliphatic carbocycles. The molecule has 0 bridgehead atoms. The standard InChI is InChI=1S/C25H20FN5O3/c1-15-22(14-34-29-15)17-3-4-21-18(11-17)5-8-31(25(21)33)13-16-9-19(12-20(26)10-16)24(32)27-23-6-7-30(2)28-23/h3-12,14H,13H2,1-2H3,(H,27,28,32). The summed E-state index contributed by atoms with van der Waals surface area (Å²) in [6.45, 7) is 1.97. The van der Waals surface area contributed by atoms with Gasteiger partial charge in [-0.2, -0.15) is 5.10 Å². The minimum atomic E-state index is -0.564. The molecule has 0 aliphatic heterocycles. The molecule has 9 heteroatoms. The summed E-state index contributed by atoms with van der Waals surface area (Å²) in [6, 6.07) is 13.0. The van der Waals surface area contributed by atoms with Gasteiger partial charge in [0.2, 0.25) is 0 Å². The van der Waals surface area contributed by atoms with Gasteiger partial charge in [-0.1, -0.05) is 11.2 Å². The van der Waals surface area contributed by atoms with Crippen LogP contribution < -0.4 is 10.9 Å². The number of carbonyl (C=O) groups excluding carboxylic acids is 1. The molecule has 0 radical (unpaired) electrons. The Bertz CT molecular complexity index is 1600. The molecule has 0 unspecified atom stereocenters. The summed E-state index contributed by atoms with van der Waals surface area (Å²) in [5, 5.41) is 11.9. The predicted octanol–water partition coefficient (Wildman–Crippen LogP) is 4.14. The molecule has 5 rings (SSSR count). The molecule has 170 valence electrons. The Kier molecular flexibility index (Phi) is 5.29. The number of pyridine rings is 1. The fourth-order valence-electron chi connectivity index (χ4n) is 3.89. The van der Waals surface area contributed by atoms with Crippen LogP contribution in [-0.4, -0.2) is 25.4 Å². The molecular formula is C25H20FN5O3. The second-order valence-electron chi connectivity index (χ2n) is 8.04. The number of carbonyl (C=O) groups is 1. The van der Waals surface area contributed by atoms with Gasteiger partial charge >= 0.3 is 0 Å². The number of anilines is 1. The maximum absolute atomic E-state index is 14.3. The number of hydrogen-bond acceptors (Lipinski definition) is 5. The van der Waals surface area contributed by atoms with Gasteiger partial charge in [-0.3, -0.25) is 14.3 Å². The van der Waals surface area contributed by atoms with E-state index in [9.17, 15) is 14.0 Å². The third-order valence-corrected chi connectivity index (χ3v) is 5.57. The van der Waals surface area contributed by atoms with E-state index in [1.165, 1.54) is 10.6 Å². The van der Waals surface area contributed by atoms with E-state index in [-0.39, 0.29) is 17.7 Å². The second-order valence-corrected chi connectivity index (χ2v) is 8.04. The quantitative estimate of drug-likeness (QED) is 0.428. The van der Waals surface area contributed by atoms with Crippen LogP contribution in [0.4, 0.5) is 10.2 Å². The highest BCUT2D eigenvalue weighted by Gasteiger charge is 2.13. The minimum Gasteiger partial charge on any atom is -0.364 e. The molecule has 8 nitrogen and oxygen atoms in total.